The molecular formula is C23H20N4O3S. The van der Waals surface area contributed by atoms with E-state index < -0.39 is 6.03 Å². The van der Waals surface area contributed by atoms with Gasteiger partial charge in [-0.2, -0.15) is 0 Å². The molecule has 8 heteroatoms. The van der Waals surface area contributed by atoms with Crippen LogP contribution in [0, 0.1) is 0 Å². The lowest BCUT2D eigenvalue weighted by Gasteiger charge is -2.15. The standard InChI is InChI=1S/C23H20N4O3S/c28-20-11-24-23(30)27(20)12-17-4-1-2-7-18(17)21(29)26-22-25-19(13-31-22)16-9-8-14-5-3-6-15(14)10-16/h1-2,4,7-10,13H,3,5-6,11-12H2,(H,24,30)(H,25,26,29). The molecule has 0 spiro atoms. The molecule has 0 radical (unpaired) electrons. The minimum Gasteiger partial charge on any atom is -0.329 e. The first-order valence-electron chi connectivity index (χ1n) is 10.1. The van der Waals surface area contributed by atoms with Crippen LogP contribution in [0.4, 0.5) is 9.93 Å². The fourth-order valence-corrected chi connectivity index (χ4v) is 4.74. The van der Waals surface area contributed by atoms with Crippen molar-refractivity contribution in [2.24, 2.45) is 0 Å². The van der Waals surface area contributed by atoms with E-state index in [1.54, 1.807) is 24.3 Å². The number of hydrogen-bond donors (Lipinski definition) is 2. The number of anilines is 1. The molecule has 5 rings (SSSR count). The van der Waals surface area contributed by atoms with E-state index in [1.807, 2.05) is 5.38 Å². The molecule has 2 N–H and O–H groups in total. The number of benzene rings is 2. The number of urea groups is 1. The first kappa shape index (κ1) is 19.4. The molecule has 1 aliphatic carbocycles. The summed E-state index contributed by atoms with van der Waals surface area (Å²) in [7, 11) is 0. The molecule has 31 heavy (non-hydrogen) atoms. The number of nitrogens with one attached hydrogen (secondary N) is 2. The van der Waals surface area contributed by atoms with Crippen molar-refractivity contribution in [3.05, 3.63) is 70.1 Å². The Labute approximate surface area is 183 Å². The van der Waals surface area contributed by atoms with Crippen LogP contribution in [0.1, 0.15) is 33.5 Å². The van der Waals surface area contributed by atoms with E-state index in [0.29, 0.717) is 16.3 Å². The second-order valence-corrected chi connectivity index (χ2v) is 8.48. The normalized spacial score (nSPS) is 15.2. The predicted molar refractivity (Wildman–Crippen MR) is 118 cm³/mol. The van der Waals surface area contributed by atoms with Gasteiger partial charge < -0.3 is 5.32 Å². The molecule has 1 fully saturated rings. The van der Waals surface area contributed by atoms with Gasteiger partial charge >= 0.3 is 6.03 Å². The Bertz CT molecular complexity index is 1190. The zero-order valence-electron chi connectivity index (χ0n) is 16.7. The fourth-order valence-electron chi connectivity index (χ4n) is 4.02. The van der Waals surface area contributed by atoms with Gasteiger partial charge in [0.15, 0.2) is 5.13 Å². The Morgan fingerprint density at radius 1 is 1.13 bits per heavy atom. The van der Waals surface area contributed by atoms with Gasteiger partial charge in [0.25, 0.3) is 5.91 Å². The van der Waals surface area contributed by atoms with Gasteiger partial charge in [0, 0.05) is 16.5 Å². The zero-order chi connectivity index (χ0) is 21.4. The van der Waals surface area contributed by atoms with E-state index in [2.05, 4.69) is 33.8 Å². The Kier molecular flexibility index (Phi) is 4.99. The highest BCUT2D eigenvalue weighted by Gasteiger charge is 2.29. The molecule has 0 atom stereocenters. The molecule has 1 aromatic heterocycles. The Morgan fingerprint density at radius 2 is 1.97 bits per heavy atom. The summed E-state index contributed by atoms with van der Waals surface area (Å²) in [5.74, 6) is -0.628. The molecule has 4 amide bonds. The van der Waals surface area contributed by atoms with E-state index in [4.69, 9.17) is 0 Å². The summed E-state index contributed by atoms with van der Waals surface area (Å²) < 4.78 is 0. The van der Waals surface area contributed by atoms with Gasteiger partial charge in [-0.15, -0.1) is 11.3 Å². The van der Waals surface area contributed by atoms with Crippen molar-refractivity contribution < 1.29 is 14.4 Å². The van der Waals surface area contributed by atoms with Crippen LogP contribution in [0.15, 0.2) is 47.8 Å². The average Bonchev–Trinajstić information content (AvgIpc) is 3.50. The molecule has 0 saturated carbocycles. The molecular weight excluding hydrogens is 412 g/mol. The van der Waals surface area contributed by atoms with Crippen LogP contribution in [0.5, 0.6) is 0 Å². The van der Waals surface area contributed by atoms with Crippen molar-refractivity contribution >= 4 is 34.3 Å². The minimum atomic E-state index is -0.445. The summed E-state index contributed by atoms with van der Waals surface area (Å²) in [6, 6.07) is 12.9. The second-order valence-electron chi connectivity index (χ2n) is 7.62. The number of carbonyl (C=O) groups is 3. The smallest absolute Gasteiger partial charge is 0.324 e. The highest BCUT2D eigenvalue weighted by atomic mass is 32.1. The van der Waals surface area contributed by atoms with Gasteiger partial charge in [-0.25, -0.2) is 9.78 Å². The summed E-state index contributed by atoms with van der Waals surface area (Å²) >= 11 is 1.37. The number of fused-ring (bicyclic) bond motifs is 1. The summed E-state index contributed by atoms with van der Waals surface area (Å²) in [5, 5.41) is 7.78. The number of amides is 4. The monoisotopic (exact) mass is 432 g/mol. The van der Waals surface area contributed by atoms with Crippen molar-refractivity contribution in [1.29, 1.82) is 0 Å². The van der Waals surface area contributed by atoms with Gasteiger partial charge in [-0.1, -0.05) is 30.3 Å². The lowest BCUT2D eigenvalue weighted by Crippen LogP contribution is -2.31. The van der Waals surface area contributed by atoms with Crippen molar-refractivity contribution in [3.63, 3.8) is 0 Å². The van der Waals surface area contributed by atoms with E-state index in [-0.39, 0.29) is 24.9 Å². The van der Waals surface area contributed by atoms with Gasteiger partial charge in [-0.3, -0.25) is 19.8 Å². The lowest BCUT2D eigenvalue weighted by molar-refractivity contribution is -0.125. The number of carbonyl (C=O) groups excluding carboxylic acids is 3. The molecule has 156 valence electrons. The maximum atomic E-state index is 12.9. The maximum absolute atomic E-state index is 12.9. The number of nitrogens with zero attached hydrogens (tertiary/aromatic N) is 2. The second kappa shape index (κ2) is 7.96. The topological polar surface area (TPSA) is 91.4 Å². The van der Waals surface area contributed by atoms with Crippen LogP contribution in [0.25, 0.3) is 11.3 Å². The molecule has 7 nitrogen and oxygen atoms in total. The highest BCUT2D eigenvalue weighted by Crippen LogP contribution is 2.30. The quantitative estimate of drug-likeness (QED) is 0.603. The lowest BCUT2D eigenvalue weighted by atomic mass is 10.1. The van der Waals surface area contributed by atoms with Crippen LogP contribution < -0.4 is 10.6 Å². The summed E-state index contributed by atoms with van der Waals surface area (Å²) in [5.41, 5.74) is 5.68. The minimum absolute atomic E-state index is 0.0161. The molecule has 2 heterocycles. The number of rotatable bonds is 5. The molecule has 3 aromatic rings. The van der Waals surface area contributed by atoms with Crippen LogP contribution in [-0.4, -0.2) is 34.3 Å². The molecule has 1 saturated heterocycles. The first-order valence-corrected chi connectivity index (χ1v) is 11.0. The Hall–Kier alpha value is -3.52. The molecule has 2 aliphatic rings. The van der Waals surface area contributed by atoms with Crippen molar-refractivity contribution in [3.8, 4) is 11.3 Å². The number of thiazole rings is 1. The van der Waals surface area contributed by atoms with Crippen LogP contribution in [-0.2, 0) is 24.2 Å². The van der Waals surface area contributed by atoms with E-state index in [9.17, 15) is 14.4 Å². The van der Waals surface area contributed by atoms with Gasteiger partial charge in [-0.05, 0) is 48.1 Å². The fraction of sp³-hybridized carbons (Fsp3) is 0.217. The number of imide groups is 1. The predicted octanol–water partition coefficient (Wildman–Crippen LogP) is 3.60. The molecule has 0 unspecified atom stereocenters. The SMILES string of the molecule is O=C(Nc1nc(-c2ccc3c(c2)CCC3)cs1)c1ccccc1CN1C(=O)CNC1=O. The average molecular weight is 433 g/mol. The van der Waals surface area contributed by atoms with Crippen molar-refractivity contribution in [1.82, 2.24) is 15.2 Å². The number of aryl methyl sites for hydroxylation is 2. The molecule has 0 bridgehead atoms. The Morgan fingerprint density at radius 3 is 2.81 bits per heavy atom. The maximum Gasteiger partial charge on any atom is 0.324 e. The summed E-state index contributed by atoms with van der Waals surface area (Å²) in [6.07, 6.45) is 3.44. The van der Waals surface area contributed by atoms with Crippen LogP contribution in [0.3, 0.4) is 0 Å². The van der Waals surface area contributed by atoms with Gasteiger partial charge in [0.05, 0.1) is 18.8 Å². The number of aromatic nitrogens is 1. The van der Waals surface area contributed by atoms with Crippen molar-refractivity contribution in [2.45, 2.75) is 25.8 Å². The molecule has 2 aromatic carbocycles. The van der Waals surface area contributed by atoms with Crippen LogP contribution in [0.2, 0.25) is 0 Å². The Balaban J connectivity index is 1.33. The van der Waals surface area contributed by atoms with Gasteiger partial charge in [0.1, 0.15) is 0 Å². The van der Waals surface area contributed by atoms with Crippen LogP contribution >= 0.6 is 11.3 Å². The van der Waals surface area contributed by atoms with E-state index in [1.165, 1.54) is 28.9 Å². The third-order valence-electron chi connectivity index (χ3n) is 5.65. The number of hydrogen-bond acceptors (Lipinski definition) is 5. The third-order valence-corrected chi connectivity index (χ3v) is 6.40. The largest absolute Gasteiger partial charge is 0.329 e. The summed E-state index contributed by atoms with van der Waals surface area (Å²) in [4.78, 5) is 42.4. The first-order chi connectivity index (χ1) is 15.1. The third kappa shape index (κ3) is 3.82. The zero-order valence-corrected chi connectivity index (χ0v) is 17.5. The highest BCUT2D eigenvalue weighted by molar-refractivity contribution is 7.14. The van der Waals surface area contributed by atoms with Crippen molar-refractivity contribution in [2.75, 3.05) is 11.9 Å². The van der Waals surface area contributed by atoms with E-state index >= 15 is 0 Å². The van der Waals surface area contributed by atoms with E-state index in [0.717, 1.165) is 29.0 Å². The summed E-state index contributed by atoms with van der Waals surface area (Å²) in [6.45, 7) is 0.0320. The molecule has 1 aliphatic heterocycles. The van der Waals surface area contributed by atoms with Gasteiger partial charge in [0.2, 0.25) is 5.91 Å².